The van der Waals surface area contributed by atoms with Crippen molar-refractivity contribution >= 4 is 40.0 Å². The molecule has 2 N–H and O–H groups in total. The van der Waals surface area contributed by atoms with Crippen LogP contribution in [0.3, 0.4) is 0 Å². The fraction of sp³-hybridized carbons (Fsp3) is 0.182. The van der Waals surface area contributed by atoms with Gasteiger partial charge in [-0.3, -0.25) is 18.8 Å². The van der Waals surface area contributed by atoms with Crippen LogP contribution in [-0.2, 0) is 13.6 Å². The molecule has 0 aliphatic carbocycles. The summed E-state index contributed by atoms with van der Waals surface area (Å²) in [4.78, 5) is 30.4. The Labute approximate surface area is 183 Å². The number of carbonyl (C=O) groups excluding carboxylic acids is 1. The molecule has 0 spiro atoms. The van der Waals surface area contributed by atoms with Crippen molar-refractivity contribution in [1.82, 2.24) is 24.6 Å². The molecule has 0 atom stereocenters. The predicted octanol–water partition coefficient (Wildman–Crippen LogP) is 3.27. The smallest absolute Gasteiger partial charge is 0.262 e. The average molecular weight is 437 g/mol. The molecular weight excluding hydrogens is 416 g/mol. The van der Waals surface area contributed by atoms with Gasteiger partial charge in [-0.2, -0.15) is 5.10 Å². The Bertz CT molecular complexity index is 1310. The molecule has 0 saturated carbocycles. The van der Waals surface area contributed by atoms with E-state index in [9.17, 15) is 9.59 Å². The number of nitrogens with zero attached hydrogens (tertiary/aromatic N) is 4. The van der Waals surface area contributed by atoms with Crippen LogP contribution in [0.4, 0.5) is 11.6 Å². The minimum absolute atomic E-state index is 0.186. The van der Waals surface area contributed by atoms with E-state index in [4.69, 9.17) is 11.6 Å². The molecule has 2 aromatic heterocycles. The summed E-state index contributed by atoms with van der Waals surface area (Å²) < 4.78 is 2.97. The van der Waals surface area contributed by atoms with Crippen molar-refractivity contribution in [2.45, 2.75) is 13.5 Å². The molecule has 1 amide bonds. The van der Waals surface area contributed by atoms with Crippen LogP contribution in [0, 0.1) is 6.92 Å². The van der Waals surface area contributed by atoms with E-state index in [-0.39, 0.29) is 29.7 Å². The summed E-state index contributed by atoms with van der Waals surface area (Å²) >= 11 is 6.18. The lowest BCUT2D eigenvalue weighted by atomic mass is 10.2. The summed E-state index contributed by atoms with van der Waals surface area (Å²) in [5.74, 6) is 0.0645. The van der Waals surface area contributed by atoms with Crippen LogP contribution in [-0.4, -0.2) is 31.8 Å². The van der Waals surface area contributed by atoms with Gasteiger partial charge in [0.1, 0.15) is 5.15 Å². The molecule has 8 nitrogen and oxygen atoms in total. The van der Waals surface area contributed by atoms with Crippen LogP contribution in [0.5, 0.6) is 0 Å². The number of fused-ring (bicyclic) bond motifs is 1. The zero-order valence-electron chi connectivity index (χ0n) is 17.1. The van der Waals surface area contributed by atoms with Crippen LogP contribution in [0.15, 0.2) is 59.4 Å². The van der Waals surface area contributed by atoms with Gasteiger partial charge in [0.2, 0.25) is 5.95 Å². The lowest BCUT2D eigenvalue weighted by molar-refractivity contribution is 0.0951. The second-order valence-electron chi connectivity index (χ2n) is 7.03. The lowest BCUT2D eigenvalue weighted by Gasteiger charge is -2.15. The van der Waals surface area contributed by atoms with Crippen molar-refractivity contribution in [1.29, 1.82) is 0 Å². The van der Waals surface area contributed by atoms with Gasteiger partial charge >= 0.3 is 0 Å². The summed E-state index contributed by atoms with van der Waals surface area (Å²) in [5, 5.41) is 11.0. The minimum Gasteiger partial charge on any atom is -0.350 e. The molecule has 0 saturated heterocycles. The van der Waals surface area contributed by atoms with Gasteiger partial charge in [-0.15, -0.1) is 0 Å². The summed E-state index contributed by atoms with van der Waals surface area (Å²) in [7, 11) is 1.67. The predicted molar refractivity (Wildman–Crippen MR) is 121 cm³/mol. The number of aryl methyl sites for hydroxylation is 2. The zero-order chi connectivity index (χ0) is 22.0. The van der Waals surface area contributed by atoms with E-state index in [1.807, 2.05) is 36.4 Å². The third-order valence-corrected chi connectivity index (χ3v) is 5.33. The van der Waals surface area contributed by atoms with Crippen LogP contribution in [0.1, 0.15) is 16.1 Å². The number of amides is 1. The Balaban J connectivity index is 1.61. The molecule has 0 fully saturated rings. The molecule has 9 heteroatoms. The molecule has 0 radical (unpaired) electrons. The van der Waals surface area contributed by atoms with Gasteiger partial charge in [-0.1, -0.05) is 41.9 Å². The highest BCUT2D eigenvalue weighted by Crippen LogP contribution is 2.19. The maximum absolute atomic E-state index is 13.1. The van der Waals surface area contributed by atoms with Crippen LogP contribution in [0.2, 0.25) is 5.15 Å². The highest BCUT2D eigenvalue weighted by Gasteiger charge is 2.19. The van der Waals surface area contributed by atoms with Crippen LogP contribution in [0.25, 0.3) is 10.9 Å². The van der Waals surface area contributed by atoms with E-state index in [0.717, 1.165) is 5.69 Å². The lowest BCUT2D eigenvalue weighted by Crippen LogP contribution is -2.32. The maximum atomic E-state index is 13.1. The highest BCUT2D eigenvalue weighted by atomic mass is 35.5. The van der Waals surface area contributed by atoms with E-state index >= 15 is 0 Å². The SMILES string of the molecule is Cc1nn(C)c(Cl)c1C(=O)NCCn1c(Nc2ccccc2)nc2ccccc2c1=O. The Morgan fingerprint density at radius 1 is 1.10 bits per heavy atom. The van der Waals surface area contributed by atoms with Crippen molar-refractivity contribution in [2.24, 2.45) is 7.05 Å². The average Bonchev–Trinajstić information content (AvgIpc) is 3.02. The first-order chi connectivity index (χ1) is 15.0. The van der Waals surface area contributed by atoms with Gasteiger partial charge in [0.05, 0.1) is 22.2 Å². The van der Waals surface area contributed by atoms with Crippen LogP contribution >= 0.6 is 11.6 Å². The molecule has 31 heavy (non-hydrogen) atoms. The number of hydrogen-bond acceptors (Lipinski definition) is 5. The van der Waals surface area contributed by atoms with Crippen molar-refractivity contribution in [3.63, 3.8) is 0 Å². The first-order valence-corrected chi connectivity index (χ1v) is 10.1. The normalized spacial score (nSPS) is 10.9. The number of anilines is 2. The Morgan fingerprint density at radius 3 is 2.52 bits per heavy atom. The number of nitrogens with one attached hydrogen (secondary N) is 2. The van der Waals surface area contributed by atoms with Gasteiger partial charge in [-0.25, -0.2) is 4.98 Å². The summed E-state index contributed by atoms with van der Waals surface area (Å²) in [6, 6.07) is 16.7. The number of aromatic nitrogens is 4. The molecule has 4 rings (SSSR count). The molecule has 4 aromatic rings. The number of para-hydroxylation sites is 2. The third-order valence-electron chi connectivity index (χ3n) is 4.89. The second kappa shape index (κ2) is 8.61. The van der Waals surface area contributed by atoms with Gasteiger partial charge in [0.25, 0.3) is 11.5 Å². The van der Waals surface area contributed by atoms with E-state index in [1.165, 1.54) is 9.25 Å². The quantitative estimate of drug-likeness (QED) is 0.484. The van der Waals surface area contributed by atoms with Crippen molar-refractivity contribution in [3.8, 4) is 0 Å². The fourth-order valence-corrected chi connectivity index (χ4v) is 3.64. The largest absolute Gasteiger partial charge is 0.350 e. The van der Waals surface area contributed by atoms with E-state index in [1.54, 1.807) is 32.2 Å². The standard InChI is InChI=1S/C22H21ClN6O2/c1-14-18(19(23)28(2)27-14)20(30)24-12-13-29-21(31)16-10-6-7-11-17(16)26-22(29)25-15-8-4-3-5-9-15/h3-11H,12-13H2,1-2H3,(H,24,30)(H,25,26). The number of benzene rings is 2. The fourth-order valence-electron chi connectivity index (χ4n) is 3.38. The Morgan fingerprint density at radius 2 is 1.81 bits per heavy atom. The van der Waals surface area contributed by atoms with Gasteiger partial charge < -0.3 is 10.6 Å². The van der Waals surface area contributed by atoms with Gasteiger partial charge in [-0.05, 0) is 31.2 Å². The molecule has 158 valence electrons. The number of hydrogen-bond donors (Lipinski definition) is 2. The van der Waals surface area contributed by atoms with Crippen molar-refractivity contribution in [2.75, 3.05) is 11.9 Å². The summed E-state index contributed by atoms with van der Waals surface area (Å²) in [6.45, 7) is 2.17. The molecule has 2 aromatic carbocycles. The summed E-state index contributed by atoms with van der Waals surface area (Å²) in [5.41, 5.74) is 2.09. The van der Waals surface area contributed by atoms with E-state index in [2.05, 4.69) is 20.7 Å². The minimum atomic E-state index is -0.338. The molecule has 0 unspecified atom stereocenters. The Kier molecular flexibility index (Phi) is 5.73. The topological polar surface area (TPSA) is 93.8 Å². The monoisotopic (exact) mass is 436 g/mol. The van der Waals surface area contributed by atoms with Gasteiger partial charge in [0.15, 0.2) is 0 Å². The Hall–Kier alpha value is -3.65. The second-order valence-corrected chi connectivity index (χ2v) is 7.39. The molecular formula is C22H21ClN6O2. The molecule has 0 aliphatic heterocycles. The van der Waals surface area contributed by atoms with Crippen LogP contribution < -0.4 is 16.2 Å². The number of carbonyl (C=O) groups is 1. The first kappa shape index (κ1) is 20.6. The first-order valence-electron chi connectivity index (χ1n) is 9.74. The molecule has 0 bridgehead atoms. The third kappa shape index (κ3) is 4.15. The maximum Gasteiger partial charge on any atom is 0.262 e. The summed E-state index contributed by atoms with van der Waals surface area (Å²) in [6.07, 6.45) is 0. The van der Waals surface area contributed by atoms with Gasteiger partial charge in [0, 0.05) is 25.8 Å². The zero-order valence-corrected chi connectivity index (χ0v) is 17.8. The number of halogens is 1. The molecule has 2 heterocycles. The molecule has 0 aliphatic rings. The van der Waals surface area contributed by atoms with Crippen molar-refractivity contribution < 1.29 is 4.79 Å². The number of rotatable bonds is 6. The highest BCUT2D eigenvalue weighted by molar-refractivity contribution is 6.33. The van der Waals surface area contributed by atoms with E-state index in [0.29, 0.717) is 28.1 Å². The van der Waals surface area contributed by atoms with E-state index < -0.39 is 0 Å². The van der Waals surface area contributed by atoms with Crippen molar-refractivity contribution in [3.05, 3.63) is 81.4 Å².